The number of carbonyl (C=O) groups excluding carboxylic acids is 4. The Morgan fingerprint density at radius 3 is 2.34 bits per heavy atom. The van der Waals surface area contributed by atoms with Gasteiger partial charge in [0.1, 0.15) is 0 Å². The molecule has 8 nitrogen and oxygen atoms in total. The summed E-state index contributed by atoms with van der Waals surface area (Å²) in [7, 11) is 0. The summed E-state index contributed by atoms with van der Waals surface area (Å²) >= 11 is 5.97. The summed E-state index contributed by atoms with van der Waals surface area (Å²) in [5.41, 5.74) is 6.05. The molecule has 2 rings (SSSR count). The van der Waals surface area contributed by atoms with E-state index in [0.29, 0.717) is 21.8 Å². The van der Waals surface area contributed by atoms with E-state index >= 15 is 0 Å². The molecule has 0 unspecified atom stereocenters. The van der Waals surface area contributed by atoms with E-state index in [1.54, 1.807) is 55.5 Å². The Bertz CT molecular complexity index is 902. The zero-order valence-corrected chi connectivity index (χ0v) is 16.4. The van der Waals surface area contributed by atoms with E-state index in [0.717, 1.165) is 0 Å². The fourth-order valence-electron chi connectivity index (χ4n) is 2.21. The molecule has 0 heterocycles. The predicted octanol–water partition coefficient (Wildman–Crippen LogP) is 2.37. The molecule has 29 heavy (non-hydrogen) atoms. The minimum atomic E-state index is -0.715. The molecule has 3 amide bonds. The topological polar surface area (TPSA) is 114 Å². The van der Waals surface area contributed by atoms with Gasteiger partial charge in [0.05, 0.1) is 6.42 Å². The van der Waals surface area contributed by atoms with Crippen LogP contribution in [0.3, 0.4) is 0 Å². The number of amides is 3. The molecule has 0 atom stereocenters. The molecule has 0 fully saturated rings. The smallest absolute Gasteiger partial charge is 0.306 e. The number of hydrogen-bond acceptors (Lipinski definition) is 5. The second kappa shape index (κ2) is 10.8. The van der Waals surface area contributed by atoms with E-state index in [1.807, 2.05) is 0 Å². The van der Waals surface area contributed by atoms with Crippen molar-refractivity contribution in [3.8, 4) is 0 Å². The first-order chi connectivity index (χ1) is 13.9. The van der Waals surface area contributed by atoms with Crippen molar-refractivity contribution in [3.05, 3.63) is 64.7 Å². The van der Waals surface area contributed by atoms with Crippen LogP contribution in [-0.4, -0.2) is 30.3 Å². The third kappa shape index (κ3) is 7.27. The Hall–Kier alpha value is -3.39. The van der Waals surface area contributed by atoms with Crippen LogP contribution in [0.4, 0.5) is 5.69 Å². The third-order valence-corrected chi connectivity index (χ3v) is 4.22. The van der Waals surface area contributed by atoms with E-state index in [1.165, 1.54) is 0 Å². The monoisotopic (exact) mass is 417 g/mol. The van der Waals surface area contributed by atoms with Gasteiger partial charge in [0.2, 0.25) is 5.91 Å². The molecule has 152 valence electrons. The highest BCUT2D eigenvalue weighted by atomic mass is 35.5. The Balaban J connectivity index is 1.66. The molecule has 2 aromatic carbocycles. The van der Waals surface area contributed by atoms with Crippen LogP contribution in [0, 0.1) is 6.92 Å². The number of esters is 1. The van der Waals surface area contributed by atoms with Gasteiger partial charge in [-0.15, -0.1) is 0 Å². The minimum Gasteiger partial charge on any atom is -0.456 e. The summed E-state index contributed by atoms with van der Waals surface area (Å²) in [5, 5.41) is 3.10. The quantitative estimate of drug-likeness (QED) is 0.472. The highest BCUT2D eigenvalue weighted by Crippen LogP contribution is 2.22. The molecule has 0 aliphatic heterocycles. The number of hydrogen-bond donors (Lipinski definition) is 3. The summed E-state index contributed by atoms with van der Waals surface area (Å²) in [6.45, 7) is 1.26. The lowest BCUT2D eigenvalue weighted by atomic mass is 10.2. The lowest BCUT2D eigenvalue weighted by Crippen LogP contribution is -2.41. The van der Waals surface area contributed by atoms with Gasteiger partial charge in [0.15, 0.2) is 6.61 Å². The molecule has 0 saturated carbocycles. The van der Waals surface area contributed by atoms with E-state index in [-0.39, 0.29) is 12.8 Å². The molecule has 0 radical (unpaired) electrons. The number of rotatable bonds is 7. The molecule has 0 aliphatic rings. The van der Waals surface area contributed by atoms with Gasteiger partial charge in [0.25, 0.3) is 11.8 Å². The van der Waals surface area contributed by atoms with Gasteiger partial charge in [-0.25, -0.2) is 0 Å². The van der Waals surface area contributed by atoms with Crippen molar-refractivity contribution in [1.29, 1.82) is 0 Å². The van der Waals surface area contributed by atoms with Crippen LogP contribution in [0.5, 0.6) is 0 Å². The highest BCUT2D eigenvalue weighted by Gasteiger charge is 2.12. The molecular weight excluding hydrogens is 398 g/mol. The van der Waals surface area contributed by atoms with Crippen molar-refractivity contribution < 1.29 is 23.9 Å². The standard InChI is InChI=1S/C20H20ClN3O5/c1-13-15(21)8-5-9-16(13)22-18(26)12-29-19(27)11-10-17(25)23-24-20(28)14-6-3-2-4-7-14/h2-9H,10-12H2,1H3,(H,22,26)(H,23,25)(H,24,28). The maximum absolute atomic E-state index is 11.9. The van der Waals surface area contributed by atoms with Crippen LogP contribution in [-0.2, 0) is 19.1 Å². The van der Waals surface area contributed by atoms with E-state index < -0.39 is 30.3 Å². The number of nitrogens with one attached hydrogen (secondary N) is 3. The van der Waals surface area contributed by atoms with Crippen molar-refractivity contribution in [2.45, 2.75) is 19.8 Å². The first kappa shape index (κ1) is 21.9. The molecule has 9 heteroatoms. The zero-order chi connectivity index (χ0) is 21.2. The van der Waals surface area contributed by atoms with Crippen LogP contribution in [0.15, 0.2) is 48.5 Å². The van der Waals surface area contributed by atoms with E-state index in [2.05, 4.69) is 16.2 Å². The van der Waals surface area contributed by atoms with Gasteiger partial charge < -0.3 is 10.1 Å². The number of anilines is 1. The summed E-state index contributed by atoms with van der Waals surface area (Å²) < 4.78 is 4.84. The van der Waals surface area contributed by atoms with Gasteiger partial charge in [-0.05, 0) is 36.8 Å². The first-order valence-corrected chi connectivity index (χ1v) is 9.09. The predicted molar refractivity (Wildman–Crippen MR) is 107 cm³/mol. The third-order valence-electron chi connectivity index (χ3n) is 3.81. The average Bonchev–Trinajstić information content (AvgIpc) is 2.73. The fourth-order valence-corrected chi connectivity index (χ4v) is 2.39. The summed E-state index contributed by atoms with van der Waals surface area (Å²) in [4.78, 5) is 47.1. The van der Waals surface area contributed by atoms with Crippen molar-refractivity contribution in [2.24, 2.45) is 0 Å². The van der Waals surface area contributed by atoms with Gasteiger partial charge in [0, 0.05) is 22.7 Å². The SMILES string of the molecule is Cc1c(Cl)cccc1NC(=O)COC(=O)CCC(=O)NNC(=O)c1ccccc1. The van der Waals surface area contributed by atoms with Crippen LogP contribution in [0.1, 0.15) is 28.8 Å². The molecule has 0 aromatic heterocycles. The Kier molecular flexibility index (Phi) is 8.17. The summed E-state index contributed by atoms with van der Waals surface area (Å²) in [6.07, 6.45) is -0.445. The van der Waals surface area contributed by atoms with Crippen molar-refractivity contribution in [2.75, 3.05) is 11.9 Å². The molecule has 0 aliphatic carbocycles. The number of carbonyl (C=O) groups is 4. The van der Waals surface area contributed by atoms with Crippen molar-refractivity contribution in [3.63, 3.8) is 0 Å². The zero-order valence-electron chi connectivity index (χ0n) is 15.7. The van der Waals surface area contributed by atoms with E-state index in [9.17, 15) is 19.2 Å². The highest BCUT2D eigenvalue weighted by molar-refractivity contribution is 6.31. The van der Waals surface area contributed by atoms with Gasteiger partial charge >= 0.3 is 5.97 Å². The maximum atomic E-state index is 11.9. The average molecular weight is 418 g/mol. The molecule has 0 saturated heterocycles. The Morgan fingerprint density at radius 1 is 0.897 bits per heavy atom. The Labute approximate surface area is 172 Å². The molecular formula is C20H20ClN3O5. The van der Waals surface area contributed by atoms with Crippen LogP contribution < -0.4 is 16.2 Å². The number of halogens is 1. The summed E-state index contributed by atoms with van der Waals surface area (Å²) in [6, 6.07) is 13.4. The van der Waals surface area contributed by atoms with Gasteiger partial charge in [-0.3, -0.25) is 30.0 Å². The second-order valence-electron chi connectivity index (χ2n) is 5.99. The van der Waals surface area contributed by atoms with Crippen LogP contribution in [0.25, 0.3) is 0 Å². The number of ether oxygens (including phenoxy) is 1. The maximum Gasteiger partial charge on any atom is 0.306 e. The summed E-state index contributed by atoms with van der Waals surface area (Å²) in [5.74, 6) is -2.28. The number of benzene rings is 2. The largest absolute Gasteiger partial charge is 0.456 e. The van der Waals surface area contributed by atoms with Crippen molar-refractivity contribution >= 4 is 41.0 Å². The van der Waals surface area contributed by atoms with Crippen LogP contribution >= 0.6 is 11.6 Å². The van der Waals surface area contributed by atoms with Crippen LogP contribution in [0.2, 0.25) is 5.02 Å². The second-order valence-corrected chi connectivity index (χ2v) is 6.40. The van der Waals surface area contributed by atoms with E-state index in [4.69, 9.17) is 16.3 Å². The van der Waals surface area contributed by atoms with Gasteiger partial charge in [-0.1, -0.05) is 35.9 Å². The normalized spacial score (nSPS) is 10.0. The molecule has 0 bridgehead atoms. The lowest BCUT2D eigenvalue weighted by molar-refractivity contribution is -0.148. The van der Waals surface area contributed by atoms with Crippen molar-refractivity contribution in [1.82, 2.24) is 10.9 Å². The minimum absolute atomic E-state index is 0.205. The lowest BCUT2D eigenvalue weighted by Gasteiger charge is -2.10. The van der Waals surface area contributed by atoms with Gasteiger partial charge in [-0.2, -0.15) is 0 Å². The number of hydrazine groups is 1. The molecule has 3 N–H and O–H groups in total. The fraction of sp³-hybridized carbons (Fsp3) is 0.200. The molecule has 2 aromatic rings. The first-order valence-electron chi connectivity index (χ1n) is 8.71. The molecule has 0 spiro atoms. The Morgan fingerprint density at radius 2 is 1.62 bits per heavy atom.